The monoisotopic (exact) mass is 167 g/mol. The second kappa shape index (κ2) is 2.33. The molecule has 0 amide bonds. The zero-order valence-electron chi connectivity index (χ0n) is 7.37. The van der Waals surface area contributed by atoms with Crippen LogP contribution >= 0.6 is 0 Å². The molecule has 1 aromatic heterocycles. The van der Waals surface area contributed by atoms with Gasteiger partial charge in [0.2, 0.25) is 0 Å². The van der Waals surface area contributed by atoms with Crippen LogP contribution in [0.3, 0.4) is 0 Å². The van der Waals surface area contributed by atoms with Gasteiger partial charge in [0.25, 0.3) is 0 Å². The van der Waals surface area contributed by atoms with Gasteiger partial charge in [-0.3, -0.25) is 0 Å². The molecule has 1 saturated carbocycles. The molecule has 1 fully saturated rings. The maximum absolute atomic E-state index is 9.52. The van der Waals surface area contributed by atoms with Gasteiger partial charge in [0, 0.05) is 6.07 Å². The van der Waals surface area contributed by atoms with Gasteiger partial charge in [0.15, 0.2) is 0 Å². The van der Waals surface area contributed by atoms with Crippen molar-refractivity contribution in [2.45, 2.75) is 38.2 Å². The molecule has 1 aromatic rings. The van der Waals surface area contributed by atoms with Gasteiger partial charge in [-0.2, -0.15) is 0 Å². The van der Waals surface area contributed by atoms with Gasteiger partial charge in [0.1, 0.15) is 5.76 Å². The molecule has 3 nitrogen and oxygen atoms in total. The molecular formula is C9H13NO2. The fourth-order valence-electron chi connectivity index (χ4n) is 1.60. The van der Waals surface area contributed by atoms with E-state index >= 15 is 0 Å². The third-order valence-corrected chi connectivity index (χ3v) is 2.71. The van der Waals surface area contributed by atoms with Crippen molar-refractivity contribution in [3.63, 3.8) is 0 Å². The molecule has 0 aliphatic heterocycles. The summed E-state index contributed by atoms with van der Waals surface area (Å²) in [4.78, 5) is 0. The Hall–Kier alpha value is -0.830. The average molecular weight is 167 g/mol. The van der Waals surface area contributed by atoms with E-state index in [1.165, 1.54) is 0 Å². The minimum Gasteiger partial charge on any atom is -0.392 e. The molecule has 3 heteroatoms. The van der Waals surface area contributed by atoms with E-state index < -0.39 is 0 Å². The fourth-order valence-corrected chi connectivity index (χ4v) is 1.60. The minimum absolute atomic E-state index is 0.110. The predicted octanol–water partition coefficient (Wildman–Crippen LogP) is 1.40. The number of aromatic nitrogens is 1. The van der Waals surface area contributed by atoms with E-state index in [1.54, 1.807) is 0 Å². The van der Waals surface area contributed by atoms with Crippen LogP contribution in [0.2, 0.25) is 0 Å². The standard InChI is InChI=1S/C9H13NO2/c1-6-5-8(12-10-6)9(3-4-9)7(2)11/h5,7,11H,3-4H2,1-2H3. The van der Waals surface area contributed by atoms with Crippen molar-refractivity contribution in [2.75, 3.05) is 0 Å². The van der Waals surface area contributed by atoms with E-state index in [0.717, 1.165) is 24.3 Å². The molecule has 66 valence electrons. The quantitative estimate of drug-likeness (QED) is 0.724. The predicted molar refractivity (Wildman–Crippen MR) is 43.8 cm³/mol. The fraction of sp³-hybridized carbons (Fsp3) is 0.667. The van der Waals surface area contributed by atoms with Crippen LogP contribution < -0.4 is 0 Å². The summed E-state index contributed by atoms with van der Waals surface area (Å²) >= 11 is 0. The lowest BCUT2D eigenvalue weighted by molar-refractivity contribution is 0.133. The van der Waals surface area contributed by atoms with Gasteiger partial charge in [-0.25, -0.2) is 0 Å². The molecule has 1 atom stereocenters. The van der Waals surface area contributed by atoms with Crippen LogP contribution in [0.1, 0.15) is 31.2 Å². The summed E-state index contributed by atoms with van der Waals surface area (Å²) in [7, 11) is 0. The Morgan fingerprint density at radius 3 is 2.67 bits per heavy atom. The van der Waals surface area contributed by atoms with Crippen molar-refractivity contribution in [3.8, 4) is 0 Å². The van der Waals surface area contributed by atoms with Crippen LogP contribution in [0.25, 0.3) is 0 Å². The summed E-state index contributed by atoms with van der Waals surface area (Å²) in [6.07, 6.45) is 1.70. The normalized spacial score (nSPS) is 22.2. The highest BCUT2D eigenvalue weighted by Crippen LogP contribution is 2.50. The second-order valence-corrected chi connectivity index (χ2v) is 3.66. The first-order valence-electron chi connectivity index (χ1n) is 4.27. The van der Waals surface area contributed by atoms with Gasteiger partial charge in [-0.1, -0.05) is 5.16 Å². The molecule has 1 aliphatic rings. The Morgan fingerprint density at radius 2 is 2.33 bits per heavy atom. The second-order valence-electron chi connectivity index (χ2n) is 3.66. The number of nitrogens with zero attached hydrogens (tertiary/aromatic N) is 1. The van der Waals surface area contributed by atoms with Crippen LogP contribution in [0.5, 0.6) is 0 Å². The topological polar surface area (TPSA) is 46.3 Å². The van der Waals surface area contributed by atoms with Gasteiger partial charge < -0.3 is 9.63 Å². The summed E-state index contributed by atoms with van der Waals surface area (Å²) in [5, 5.41) is 13.3. The summed E-state index contributed by atoms with van der Waals surface area (Å²) in [5.41, 5.74) is 0.776. The molecule has 0 aromatic carbocycles. The van der Waals surface area contributed by atoms with Crippen molar-refractivity contribution in [1.29, 1.82) is 0 Å². The van der Waals surface area contributed by atoms with Crippen molar-refractivity contribution in [1.82, 2.24) is 5.16 Å². The summed E-state index contributed by atoms with van der Waals surface area (Å²) < 4.78 is 5.14. The van der Waals surface area contributed by atoms with Crippen LogP contribution in [0.15, 0.2) is 10.6 Å². The average Bonchev–Trinajstić information content (AvgIpc) is 2.71. The van der Waals surface area contributed by atoms with Gasteiger partial charge in [-0.05, 0) is 26.7 Å². The van der Waals surface area contributed by atoms with E-state index in [1.807, 2.05) is 19.9 Å². The van der Waals surface area contributed by atoms with Gasteiger partial charge >= 0.3 is 0 Å². The van der Waals surface area contributed by atoms with E-state index in [0.29, 0.717) is 0 Å². The number of aliphatic hydroxyl groups excluding tert-OH is 1. The molecule has 0 spiro atoms. The van der Waals surface area contributed by atoms with E-state index in [9.17, 15) is 5.11 Å². The molecule has 0 saturated heterocycles. The number of hydrogen-bond donors (Lipinski definition) is 1. The molecule has 0 radical (unpaired) electrons. The maximum Gasteiger partial charge on any atom is 0.145 e. The maximum atomic E-state index is 9.52. The van der Waals surface area contributed by atoms with E-state index in [-0.39, 0.29) is 11.5 Å². The number of aliphatic hydroxyl groups is 1. The molecule has 12 heavy (non-hydrogen) atoms. The third-order valence-electron chi connectivity index (χ3n) is 2.71. The van der Waals surface area contributed by atoms with E-state index in [4.69, 9.17) is 4.52 Å². The third kappa shape index (κ3) is 0.966. The largest absolute Gasteiger partial charge is 0.392 e. The summed E-state index contributed by atoms with van der Waals surface area (Å²) in [5.74, 6) is 0.843. The summed E-state index contributed by atoms with van der Waals surface area (Å²) in [6, 6.07) is 1.92. The van der Waals surface area contributed by atoms with Crippen molar-refractivity contribution >= 4 is 0 Å². The minimum atomic E-state index is -0.329. The Labute approximate surface area is 71.4 Å². The molecule has 0 bridgehead atoms. The SMILES string of the molecule is Cc1cc(C2(C(C)O)CC2)on1. The molecule has 1 heterocycles. The lowest BCUT2D eigenvalue weighted by Gasteiger charge is -2.13. The Morgan fingerprint density at radius 1 is 1.67 bits per heavy atom. The number of aryl methyl sites for hydroxylation is 1. The van der Waals surface area contributed by atoms with Crippen molar-refractivity contribution in [2.24, 2.45) is 0 Å². The van der Waals surface area contributed by atoms with Crippen LogP contribution in [0.4, 0.5) is 0 Å². The lowest BCUT2D eigenvalue weighted by atomic mass is 9.97. The van der Waals surface area contributed by atoms with E-state index in [2.05, 4.69) is 5.16 Å². The van der Waals surface area contributed by atoms with Crippen LogP contribution in [0, 0.1) is 6.92 Å². The molecule has 2 rings (SSSR count). The lowest BCUT2D eigenvalue weighted by Crippen LogP contribution is -2.21. The highest BCUT2D eigenvalue weighted by molar-refractivity contribution is 5.25. The first-order chi connectivity index (χ1) is 5.65. The summed E-state index contributed by atoms with van der Waals surface area (Å²) in [6.45, 7) is 3.70. The first-order valence-corrected chi connectivity index (χ1v) is 4.27. The smallest absolute Gasteiger partial charge is 0.145 e. The first kappa shape index (κ1) is 7.80. The number of hydrogen-bond acceptors (Lipinski definition) is 3. The highest BCUT2D eigenvalue weighted by Gasteiger charge is 2.51. The van der Waals surface area contributed by atoms with Crippen LogP contribution in [-0.4, -0.2) is 16.4 Å². The Kier molecular flexibility index (Phi) is 1.51. The zero-order chi connectivity index (χ0) is 8.77. The number of rotatable bonds is 2. The molecular weight excluding hydrogens is 154 g/mol. The van der Waals surface area contributed by atoms with Gasteiger partial charge in [0.05, 0.1) is 17.2 Å². The van der Waals surface area contributed by atoms with Crippen molar-refractivity contribution < 1.29 is 9.63 Å². The van der Waals surface area contributed by atoms with Crippen LogP contribution in [-0.2, 0) is 5.41 Å². The molecule has 1 aliphatic carbocycles. The molecule has 1 unspecified atom stereocenters. The highest BCUT2D eigenvalue weighted by atomic mass is 16.5. The Balaban J connectivity index is 2.30. The van der Waals surface area contributed by atoms with Crippen molar-refractivity contribution in [3.05, 3.63) is 17.5 Å². The molecule has 1 N–H and O–H groups in total. The zero-order valence-corrected chi connectivity index (χ0v) is 7.37. The van der Waals surface area contributed by atoms with Gasteiger partial charge in [-0.15, -0.1) is 0 Å². The Bertz CT molecular complexity index is 286.